The van der Waals surface area contributed by atoms with E-state index in [0.29, 0.717) is 24.2 Å². The summed E-state index contributed by atoms with van der Waals surface area (Å²) in [6, 6.07) is 4.56. The summed E-state index contributed by atoms with van der Waals surface area (Å²) >= 11 is 0. The molecule has 7 heteroatoms. The van der Waals surface area contributed by atoms with Crippen molar-refractivity contribution in [2.75, 3.05) is 20.3 Å². The van der Waals surface area contributed by atoms with Crippen LogP contribution in [0.2, 0.25) is 0 Å². The monoisotopic (exact) mass is 237 g/mol. The van der Waals surface area contributed by atoms with Crippen molar-refractivity contribution >= 4 is 16.9 Å². The first-order chi connectivity index (χ1) is 8.22. The Balaban J connectivity index is 2.17. The van der Waals surface area contributed by atoms with Gasteiger partial charge in [0.05, 0.1) is 6.61 Å². The lowest BCUT2D eigenvalue weighted by molar-refractivity contribution is -0.782. The quantitative estimate of drug-likeness (QED) is 0.589. The van der Waals surface area contributed by atoms with E-state index in [1.54, 1.807) is 19.2 Å². The fourth-order valence-corrected chi connectivity index (χ4v) is 1.38. The van der Waals surface area contributed by atoms with Gasteiger partial charge in [0.1, 0.15) is 0 Å². The van der Waals surface area contributed by atoms with Gasteiger partial charge in [0.15, 0.2) is 0 Å². The SMILES string of the molecule is COCCNC(=O)c1ccc2no[n+]([O-])c2c1. The normalized spacial score (nSPS) is 10.6. The van der Waals surface area contributed by atoms with E-state index in [1.165, 1.54) is 6.07 Å². The first kappa shape index (κ1) is 11.3. The lowest BCUT2D eigenvalue weighted by Crippen LogP contribution is -2.27. The van der Waals surface area contributed by atoms with Crippen LogP contribution in [0.3, 0.4) is 0 Å². The van der Waals surface area contributed by atoms with E-state index in [-0.39, 0.29) is 16.3 Å². The lowest BCUT2D eigenvalue weighted by Gasteiger charge is -2.03. The van der Waals surface area contributed by atoms with Crippen LogP contribution >= 0.6 is 0 Å². The van der Waals surface area contributed by atoms with E-state index in [0.717, 1.165) is 0 Å². The number of carbonyl (C=O) groups is 1. The second-order valence-corrected chi connectivity index (χ2v) is 3.38. The molecule has 0 spiro atoms. The van der Waals surface area contributed by atoms with Crippen LogP contribution in [0.5, 0.6) is 0 Å². The summed E-state index contributed by atoms with van der Waals surface area (Å²) in [5, 5.41) is 17.3. The van der Waals surface area contributed by atoms with Gasteiger partial charge in [-0.1, -0.05) is 0 Å². The number of fused-ring (bicyclic) bond motifs is 1. The highest BCUT2D eigenvalue weighted by Gasteiger charge is 2.13. The number of ether oxygens (including phenoxy) is 1. The molecule has 2 rings (SSSR count). The van der Waals surface area contributed by atoms with E-state index < -0.39 is 0 Å². The second-order valence-electron chi connectivity index (χ2n) is 3.38. The fraction of sp³-hybridized carbons (Fsp3) is 0.300. The third-order valence-corrected chi connectivity index (χ3v) is 2.24. The number of hydrogen-bond acceptors (Lipinski definition) is 5. The molecule has 0 fully saturated rings. The third-order valence-electron chi connectivity index (χ3n) is 2.24. The van der Waals surface area contributed by atoms with Crippen LogP contribution < -0.4 is 10.2 Å². The maximum atomic E-state index is 11.7. The van der Waals surface area contributed by atoms with Crippen LogP contribution in [0.4, 0.5) is 0 Å². The average Bonchev–Trinajstić information content (AvgIpc) is 2.71. The van der Waals surface area contributed by atoms with Crippen LogP contribution in [0.1, 0.15) is 10.4 Å². The van der Waals surface area contributed by atoms with Crippen LogP contribution in [0, 0.1) is 5.21 Å². The predicted octanol–water partition coefficient (Wildman–Crippen LogP) is -0.163. The number of benzene rings is 1. The molecule has 1 aromatic carbocycles. The molecular formula is C10H11N3O4. The summed E-state index contributed by atoms with van der Waals surface area (Å²) in [4.78, 5) is 11.9. The molecule has 0 atom stereocenters. The van der Waals surface area contributed by atoms with Crippen molar-refractivity contribution in [1.29, 1.82) is 0 Å². The van der Waals surface area contributed by atoms with Gasteiger partial charge in [0.2, 0.25) is 11.0 Å². The van der Waals surface area contributed by atoms with Crippen LogP contribution in [-0.2, 0) is 4.74 Å². The van der Waals surface area contributed by atoms with E-state index in [9.17, 15) is 10.0 Å². The fourth-order valence-electron chi connectivity index (χ4n) is 1.38. The topological polar surface area (TPSA) is 91.3 Å². The Labute approximate surface area is 96.5 Å². The van der Waals surface area contributed by atoms with Crippen molar-refractivity contribution in [3.63, 3.8) is 0 Å². The highest BCUT2D eigenvalue weighted by atomic mass is 16.8. The third kappa shape index (κ3) is 2.34. The molecule has 0 aliphatic rings. The van der Waals surface area contributed by atoms with E-state index in [1.807, 2.05) is 0 Å². The molecule has 0 saturated carbocycles. The first-order valence-electron chi connectivity index (χ1n) is 4.99. The molecule has 1 N–H and O–H groups in total. The minimum atomic E-state index is -0.273. The molecule has 1 heterocycles. The molecule has 2 aromatic rings. The maximum Gasteiger partial charge on any atom is 0.251 e. The van der Waals surface area contributed by atoms with Gasteiger partial charge in [-0.05, 0) is 17.0 Å². The van der Waals surface area contributed by atoms with E-state index >= 15 is 0 Å². The van der Waals surface area contributed by atoms with Gasteiger partial charge in [-0.3, -0.25) is 9.42 Å². The van der Waals surface area contributed by atoms with Gasteiger partial charge in [-0.2, -0.15) is 0 Å². The van der Waals surface area contributed by atoms with Crippen molar-refractivity contribution in [3.05, 3.63) is 29.0 Å². The van der Waals surface area contributed by atoms with Crippen LogP contribution in [0.25, 0.3) is 11.0 Å². The summed E-state index contributed by atoms with van der Waals surface area (Å²) in [6.07, 6.45) is 0. The summed E-state index contributed by atoms with van der Waals surface area (Å²) < 4.78 is 9.22. The number of amides is 1. The Morgan fingerprint density at radius 2 is 2.47 bits per heavy atom. The zero-order chi connectivity index (χ0) is 12.3. The van der Waals surface area contributed by atoms with Gasteiger partial charge in [-0.25, -0.2) is 0 Å². The summed E-state index contributed by atoms with van der Waals surface area (Å²) in [5.41, 5.74) is 1.01. The van der Waals surface area contributed by atoms with Gasteiger partial charge < -0.3 is 15.3 Å². The summed E-state index contributed by atoms with van der Waals surface area (Å²) in [7, 11) is 1.55. The molecule has 0 bridgehead atoms. The standard InChI is InChI=1S/C10H11N3O4/c1-16-5-4-11-10(14)7-2-3-8-9(6-7)13(15)17-12-8/h2-3,6H,4-5H2,1H3,(H,11,14). The molecule has 1 amide bonds. The molecule has 0 radical (unpaired) electrons. The molecule has 1 aromatic heterocycles. The smallest absolute Gasteiger partial charge is 0.251 e. The maximum absolute atomic E-state index is 11.7. The Morgan fingerprint density at radius 3 is 3.24 bits per heavy atom. The molecule has 0 unspecified atom stereocenters. The van der Waals surface area contributed by atoms with E-state index in [2.05, 4.69) is 15.1 Å². The molecule has 0 aliphatic carbocycles. The average molecular weight is 237 g/mol. The van der Waals surface area contributed by atoms with Crippen molar-refractivity contribution in [1.82, 2.24) is 10.5 Å². The highest BCUT2D eigenvalue weighted by Crippen LogP contribution is 2.10. The number of carbonyl (C=O) groups excluding carboxylic acids is 1. The van der Waals surface area contributed by atoms with Crippen LogP contribution in [-0.4, -0.2) is 31.3 Å². The highest BCUT2D eigenvalue weighted by molar-refractivity contribution is 5.96. The molecular weight excluding hydrogens is 226 g/mol. The number of methoxy groups -OCH3 is 1. The summed E-state index contributed by atoms with van der Waals surface area (Å²) in [5.74, 6) is -0.273. The number of hydrogen-bond donors (Lipinski definition) is 1. The minimum Gasteiger partial charge on any atom is -0.383 e. The Kier molecular flexibility index (Phi) is 3.20. The number of rotatable bonds is 4. The van der Waals surface area contributed by atoms with E-state index in [4.69, 9.17) is 4.74 Å². The van der Waals surface area contributed by atoms with Crippen molar-refractivity contribution in [2.45, 2.75) is 0 Å². The van der Waals surface area contributed by atoms with Crippen LogP contribution in [0.15, 0.2) is 22.8 Å². The number of aromatic nitrogens is 2. The zero-order valence-corrected chi connectivity index (χ0v) is 9.17. The second kappa shape index (κ2) is 4.79. The Morgan fingerprint density at radius 1 is 1.65 bits per heavy atom. The largest absolute Gasteiger partial charge is 0.383 e. The van der Waals surface area contributed by atoms with Crippen molar-refractivity contribution < 1.29 is 19.1 Å². The van der Waals surface area contributed by atoms with Gasteiger partial charge in [0.25, 0.3) is 5.91 Å². The Bertz CT molecular complexity index is 537. The van der Waals surface area contributed by atoms with Gasteiger partial charge >= 0.3 is 0 Å². The van der Waals surface area contributed by atoms with Gasteiger partial charge in [0, 0.05) is 30.4 Å². The molecule has 0 saturated heterocycles. The van der Waals surface area contributed by atoms with Crippen molar-refractivity contribution in [3.8, 4) is 0 Å². The summed E-state index contributed by atoms with van der Waals surface area (Å²) in [6.45, 7) is 0.844. The molecule has 7 nitrogen and oxygen atoms in total. The molecule has 90 valence electrons. The number of nitrogens with zero attached hydrogens (tertiary/aromatic N) is 2. The van der Waals surface area contributed by atoms with Crippen molar-refractivity contribution in [2.24, 2.45) is 0 Å². The number of nitrogens with one attached hydrogen (secondary N) is 1. The minimum absolute atomic E-state index is 0.226. The zero-order valence-electron chi connectivity index (χ0n) is 9.17. The lowest BCUT2D eigenvalue weighted by atomic mass is 10.2. The molecule has 17 heavy (non-hydrogen) atoms. The Hall–Kier alpha value is -2.15. The molecule has 0 aliphatic heterocycles. The van der Waals surface area contributed by atoms with Gasteiger partial charge in [-0.15, -0.1) is 0 Å². The predicted molar refractivity (Wildman–Crippen MR) is 57.2 cm³/mol. The first-order valence-corrected chi connectivity index (χ1v) is 4.99.